The van der Waals surface area contributed by atoms with Gasteiger partial charge in [-0.1, -0.05) is 11.6 Å². The van der Waals surface area contributed by atoms with Crippen LogP contribution in [0.3, 0.4) is 0 Å². The van der Waals surface area contributed by atoms with Crippen molar-refractivity contribution in [2.75, 3.05) is 23.8 Å². The molecule has 0 amide bonds. The van der Waals surface area contributed by atoms with E-state index in [1.165, 1.54) is 12.1 Å². The van der Waals surface area contributed by atoms with Gasteiger partial charge in [0.25, 0.3) is 10.0 Å². The number of benzene rings is 2. The summed E-state index contributed by atoms with van der Waals surface area (Å²) in [4.78, 5) is 12.2. The van der Waals surface area contributed by atoms with Crippen LogP contribution in [0.25, 0.3) is 0 Å². The first kappa shape index (κ1) is 23.0. The number of sulfonamides is 1. The van der Waals surface area contributed by atoms with E-state index in [0.29, 0.717) is 23.0 Å². The highest BCUT2D eigenvalue weighted by atomic mass is 35.5. The van der Waals surface area contributed by atoms with Crippen molar-refractivity contribution in [3.8, 4) is 0 Å². The van der Waals surface area contributed by atoms with E-state index in [1.54, 1.807) is 51.3 Å². The Hall–Kier alpha value is -2.29. The summed E-state index contributed by atoms with van der Waals surface area (Å²) in [5, 5.41) is 3.59. The van der Waals surface area contributed by atoms with Crippen LogP contribution in [0.4, 0.5) is 11.4 Å². The summed E-state index contributed by atoms with van der Waals surface area (Å²) >= 11 is 5.86. The quantitative estimate of drug-likeness (QED) is 0.569. The lowest BCUT2D eigenvalue weighted by Crippen LogP contribution is -2.24. The number of halogens is 1. The molecule has 2 N–H and O–H groups in total. The number of hydrogen-bond acceptors (Lipinski definition) is 6. The van der Waals surface area contributed by atoms with Crippen LogP contribution in [-0.4, -0.2) is 40.2 Å². The van der Waals surface area contributed by atoms with Gasteiger partial charge >= 0.3 is 5.97 Å². The van der Waals surface area contributed by atoms with Crippen molar-refractivity contribution in [1.29, 1.82) is 0 Å². The van der Waals surface area contributed by atoms with Gasteiger partial charge in [0.05, 0.1) is 24.0 Å². The highest BCUT2D eigenvalue weighted by Gasteiger charge is 2.23. The maximum absolute atomic E-state index is 13.1. The zero-order chi connectivity index (χ0) is 21.6. The average Bonchev–Trinajstić information content (AvgIpc) is 2.63. The minimum absolute atomic E-state index is 0.0754. The molecule has 2 aromatic carbocycles. The van der Waals surface area contributed by atoms with Crippen LogP contribution >= 0.6 is 11.6 Å². The predicted molar refractivity (Wildman–Crippen MR) is 114 cm³/mol. The molecule has 0 fully saturated rings. The molecule has 0 spiro atoms. The number of ether oxygens (including phenoxy) is 2. The predicted octanol–water partition coefficient (Wildman–Crippen LogP) is 4.15. The van der Waals surface area contributed by atoms with Crippen LogP contribution in [-0.2, 0) is 19.5 Å². The Labute approximate surface area is 176 Å². The highest BCUT2D eigenvalue weighted by Crippen LogP contribution is 2.27. The second-order valence-electron chi connectivity index (χ2n) is 6.78. The summed E-state index contributed by atoms with van der Waals surface area (Å²) in [7, 11) is -2.45. The van der Waals surface area contributed by atoms with Gasteiger partial charge in [-0.15, -0.1) is 0 Å². The van der Waals surface area contributed by atoms with E-state index in [-0.39, 0.29) is 22.6 Å². The Morgan fingerprint density at radius 3 is 2.34 bits per heavy atom. The molecule has 0 bridgehead atoms. The average molecular weight is 441 g/mol. The van der Waals surface area contributed by atoms with Crippen LogP contribution in [0.15, 0.2) is 47.4 Å². The molecule has 0 radical (unpaired) electrons. The van der Waals surface area contributed by atoms with Gasteiger partial charge in [0.2, 0.25) is 0 Å². The number of carbonyl (C=O) groups is 1. The van der Waals surface area contributed by atoms with Gasteiger partial charge in [0.1, 0.15) is 4.90 Å². The smallest absolute Gasteiger partial charge is 0.338 e. The number of esters is 1. The molecule has 2 aromatic rings. The Bertz CT molecular complexity index is 946. The Morgan fingerprint density at radius 2 is 1.76 bits per heavy atom. The van der Waals surface area contributed by atoms with E-state index in [9.17, 15) is 13.2 Å². The fourth-order valence-electron chi connectivity index (χ4n) is 2.56. The van der Waals surface area contributed by atoms with E-state index in [2.05, 4.69) is 10.0 Å². The molecular weight excluding hydrogens is 416 g/mol. The van der Waals surface area contributed by atoms with Gasteiger partial charge in [-0.05, 0) is 63.2 Å². The summed E-state index contributed by atoms with van der Waals surface area (Å²) in [5.74, 6) is -0.598. The van der Waals surface area contributed by atoms with Crippen molar-refractivity contribution in [3.63, 3.8) is 0 Å². The normalized spacial score (nSPS) is 12.5. The third kappa shape index (κ3) is 6.62. The van der Waals surface area contributed by atoms with Crippen molar-refractivity contribution in [1.82, 2.24) is 0 Å². The minimum Gasteiger partial charge on any atom is -0.459 e. The van der Waals surface area contributed by atoms with Crippen molar-refractivity contribution >= 4 is 39.0 Å². The molecule has 0 aliphatic carbocycles. The lowest BCUT2D eigenvalue weighted by atomic mass is 10.2. The fourth-order valence-corrected chi connectivity index (χ4v) is 3.94. The lowest BCUT2D eigenvalue weighted by molar-refractivity contribution is 0.0377. The molecule has 2 rings (SSSR count). The molecule has 0 aliphatic heterocycles. The number of hydrogen-bond donors (Lipinski definition) is 2. The monoisotopic (exact) mass is 440 g/mol. The van der Waals surface area contributed by atoms with Crippen LogP contribution in [0.2, 0.25) is 5.02 Å². The first-order valence-corrected chi connectivity index (χ1v) is 10.9. The zero-order valence-electron chi connectivity index (χ0n) is 16.7. The van der Waals surface area contributed by atoms with E-state index < -0.39 is 16.0 Å². The van der Waals surface area contributed by atoms with E-state index in [1.807, 2.05) is 6.92 Å². The van der Waals surface area contributed by atoms with Crippen molar-refractivity contribution < 1.29 is 22.7 Å². The maximum atomic E-state index is 13.1. The lowest BCUT2D eigenvalue weighted by Gasteiger charge is -2.19. The Kier molecular flexibility index (Phi) is 7.89. The largest absolute Gasteiger partial charge is 0.459 e. The van der Waals surface area contributed by atoms with Gasteiger partial charge in [-0.25, -0.2) is 13.2 Å². The first-order chi connectivity index (χ1) is 13.6. The molecule has 0 aliphatic rings. The van der Waals surface area contributed by atoms with Gasteiger partial charge in [-0.2, -0.15) is 0 Å². The topological polar surface area (TPSA) is 93.7 Å². The second kappa shape index (κ2) is 9.96. The van der Waals surface area contributed by atoms with Gasteiger partial charge < -0.3 is 14.8 Å². The number of rotatable bonds is 9. The summed E-state index contributed by atoms with van der Waals surface area (Å²) in [6, 6.07) is 10.5. The summed E-state index contributed by atoms with van der Waals surface area (Å²) in [6.45, 7) is 5.68. The van der Waals surface area contributed by atoms with E-state index >= 15 is 0 Å². The molecule has 0 heterocycles. The van der Waals surface area contributed by atoms with E-state index in [0.717, 1.165) is 0 Å². The third-order valence-corrected chi connectivity index (χ3v) is 5.44. The molecule has 158 valence electrons. The molecule has 1 atom stereocenters. The summed E-state index contributed by atoms with van der Waals surface area (Å²) in [6.07, 6.45) is -0.325. The standard InChI is InChI=1S/C20H25ClN2O5S/c1-13(2)28-20(24)15-5-10-18(22-14(3)12-27-4)19(11-15)29(25,26)23-17-8-6-16(21)7-9-17/h5-11,13-14,22-23H,12H2,1-4H3/t14-/m1/s1. The molecule has 7 nitrogen and oxygen atoms in total. The zero-order valence-corrected chi connectivity index (χ0v) is 18.3. The van der Waals surface area contributed by atoms with Crippen molar-refractivity contribution in [3.05, 3.63) is 53.1 Å². The molecule has 0 saturated heterocycles. The first-order valence-electron chi connectivity index (χ1n) is 9.01. The van der Waals surface area contributed by atoms with Crippen LogP contribution in [0.1, 0.15) is 31.1 Å². The van der Waals surface area contributed by atoms with Gasteiger partial charge in [-0.3, -0.25) is 4.72 Å². The van der Waals surface area contributed by atoms with Gasteiger partial charge in [0, 0.05) is 23.9 Å². The number of methoxy groups -OCH3 is 1. The van der Waals surface area contributed by atoms with E-state index in [4.69, 9.17) is 21.1 Å². The van der Waals surface area contributed by atoms with Crippen LogP contribution < -0.4 is 10.0 Å². The Morgan fingerprint density at radius 1 is 1.10 bits per heavy atom. The fraction of sp³-hybridized carbons (Fsp3) is 0.350. The molecular formula is C20H25ClN2O5S. The van der Waals surface area contributed by atoms with Crippen molar-refractivity contribution in [2.24, 2.45) is 0 Å². The number of anilines is 2. The summed E-state index contributed by atoms with van der Waals surface area (Å²) in [5.41, 5.74) is 0.831. The number of carbonyl (C=O) groups excluding carboxylic acids is 1. The minimum atomic E-state index is -4.01. The van der Waals surface area contributed by atoms with Crippen molar-refractivity contribution in [2.45, 2.75) is 37.8 Å². The molecule has 0 aromatic heterocycles. The maximum Gasteiger partial charge on any atom is 0.338 e. The SMILES string of the molecule is COC[C@@H](C)Nc1ccc(C(=O)OC(C)C)cc1S(=O)(=O)Nc1ccc(Cl)cc1. The van der Waals surface area contributed by atoms with Crippen LogP contribution in [0, 0.1) is 0 Å². The molecule has 29 heavy (non-hydrogen) atoms. The molecule has 0 unspecified atom stereocenters. The molecule has 9 heteroatoms. The van der Waals surface area contributed by atoms with Gasteiger partial charge in [0.15, 0.2) is 0 Å². The second-order valence-corrected chi connectivity index (χ2v) is 8.87. The third-order valence-electron chi connectivity index (χ3n) is 3.76. The summed E-state index contributed by atoms with van der Waals surface area (Å²) < 4.78 is 38.9. The Balaban J connectivity index is 2.44. The van der Waals surface area contributed by atoms with Crippen LogP contribution in [0.5, 0.6) is 0 Å². The number of nitrogens with one attached hydrogen (secondary N) is 2. The highest BCUT2D eigenvalue weighted by molar-refractivity contribution is 7.92. The molecule has 0 saturated carbocycles.